The quantitative estimate of drug-likeness (QED) is 0.530. The van der Waals surface area contributed by atoms with Crippen LogP contribution in [0.15, 0.2) is 17.1 Å². The van der Waals surface area contributed by atoms with Gasteiger partial charge in [0.1, 0.15) is 18.0 Å². The SMILES string of the molecule is Cc1cc2c(cc1C)B1C3CC(C)C4C(C)CCC5OC6=NC7C(C)C(C)C(O2)C1C7N6C3C54. The first-order valence-electron chi connectivity index (χ1n) is 14.2. The van der Waals surface area contributed by atoms with Gasteiger partial charge in [-0.2, -0.15) is 0 Å². The molecular weight excluding hydrogens is 419 g/mol. The molecule has 5 fully saturated rings. The van der Waals surface area contributed by atoms with Crippen molar-refractivity contribution in [1.29, 1.82) is 0 Å². The van der Waals surface area contributed by atoms with Crippen molar-refractivity contribution in [2.45, 2.75) is 103 Å². The van der Waals surface area contributed by atoms with Gasteiger partial charge < -0.3 is 14.4 Å². The molecule has 1 aromatic carbocycles. The predicted molar refractivity (Wildman–Crippen MR) is 136 cm³/mol. The monoisotopic (exact) mass is 458 g/mol. The summed E-state index contributed by atoms with van der Waals surface area (Å²) in [5, 5.41) is 0. The van der Waals surface area contributed by atoms with Gasteiger partial charge in [0.25, 0.3) is 6.02 Å². The summed E-state index contributed by atoms with van der Waals surface area (Å²) in [6.45, 7) is 15.1. The van der Waals surface area contributed by atoms with E-state index in [1.54, 1.807) is 0 Å². The van der Waals surface area contributed by atoms with E-state index in [0.717, 1.165) is 23.8 Å². The number of amidine groups is 1. The molecule has 3 saturated carbocycles. The molecule has 0 spiro atoms. The minimum Gasteiger partial charge on any atom is -0.491 e. The molecule has 13 unspecified atom stereocenters. The molecule has 0 bridgehead atoms. The molecule has 0 aromatic heterocycles. The number of fused-ring (bicyclic) bond motifs is 3. The van der Waals surface area contributed by atoms with Crippen molar-refractivity contribution in [1.82, 2.24) is 4.90 Å². The normalized spacial score (nSPS) is 51.1. The summed E-state index contributed by atoms with van der Waals surface area (Å²) in [5.41, 5.74) is 4.29. The first-order valence-corrected chi connectivity index (χ1v) is 14.2. The summed E-state index contributed by atoms with van der Waals surface area (Å²) in [6, 6.07) is 7.26. The number of rotatable bonds is 0. The second-order valence-electron chi connectivity index (χ2n) is 13.4. The summed E-state index contributed by atoms with van der Waals surface area (Å²) >= 11 is 0. The lowest BCUT2D eigenvalue weighted by atomic mass is 9.21. The Morgan fingerprint density at radius 1 is 0.912 bits per heavy atom. The van der Waals surface area contributed by atoms with Gasteiger partial charge in [0.15, 0.2) is 6.71 Å². The van der Waals surface area contributed by atoms with Crippen LogP contribution < -0.4 is 10.2 Å². The van der Waals surface area contributed by atoms with Crippen molar-refractivity contribution in [3.63, 3.8) is 0 Å². The number of nitrogens with zero attached hydrogens (tertiary/aromatic N) is 2. The number of hydrogen-bond donors (Lipinski definition) is 0. The number of ether oxygens (including phenoxy) is 2. The van der Waals surface area contributed by atoms with Crippen LogP contribution in [0.2, 0.25) is 11.6 Å². The Hall–Kier alpha value is -1.65. The lowest BCUT2D eigenvalue weighted by Crippen LogP contribution is -2.76. The van der Waals surface area contributed by atoms with Gasteiger partial charge in [-0.3, -0.25) is 0 Å². The fraction of sp³-hybridized carbons (Fsp3) is 0.759. The molecule has 0 amide bonds. The molecule has 13 atom stereocenters. The maximum atomic E-state index is 6.98. The molecule has 2 saturated heterocycles. The summed E-state index contributed by atoms with van der Waals surface area (Å²) in [5.74, 6) is 6.39. The van der Waals surface area contributed by atoms with E-state index in [9.17, 15) is 0 Å². The highest BCUT2D eigenvalue weighted by Crippen LogP contribution is 2.64. The Balaban J connectivity index is 1.36. The van der Waals surface area contributed by atoms with Crippen molar-refractivity contribution in [3.8, 4) is 5.75 Å². The minimum absolute atomic E-state index is 0.280. The van der Waals surface area contributed by atoms with Crippen molar-refractivity contribution in [2.75, 3.05) is 0 Å². The number of aliphatic imine (C=N–C) groups is 1. The van der Waals surface area contributed by atoms with E-state index < -0.39 is 0 Å². The van der Waals surface area contributed by atoms with Crippen LogP contribution in [-0.4, -0.2) is 48.0 Å². The lowest BCUT2D eigenvalue weighted by molar-refractivity contribution is -0.124. The van der Waals surface area contributed by atoms with Crippen LogP contribution in [0.5, 0.6) is 5.75 Å². The number of benzene rings is 1. The molecule has 4 nitrogen and oxygen atoms in total. The van der Waals surface area contributed by atoms with Crippen LogP contribution in [0.25, 0.3) is 0 Å². The smallest absolute Gasteiger partial charge is 0.288 e. The zero-order chi connectivity index (χ0) is 23.2. The molecule has 34 heavy (non-hydrogen) atoms. The van der Waals surface area contributed by atoms with Crippen LogP contribution in [-0.2, 0) is 4.74 Å². The van der Waals surface area contributed by atoms with Crippen molar-refractivity contribution < 1.29 is 9.47 Å². The number of hydrogen-bond acceptors (Lipinski definition) is 4. The molecule has 7 aliphatic rings. The topological polar surface area (TPSA) is 34.1 Å². The van der Waals surface area contributed by atoms with E-state index in [1.165, 1.54) is 41.6 Å². The molecule has 1 aromatic rings. The Morgan fingerprint density at radius 3 is 2.53 bits per heavy atom. The second kappa shape index (κ2) is 6.56. The van der Waals surface area contributed by atoms with Gasteiger partial charge in [-0.25, -0.2) is 4.99 Å². The van der Waals surface area contributed by atoms with E-state index in [4.69, 9.17) is 14.5 Å². The van der Waals surface area contributed by atoms with E-state index in [-0.39, 0.29) is 6.10 Å². The highest BCUT2D eigenvalue weighted by molar-refractivity contribution is 6.78. The Kier molecular flexibility index (Phi) is 3.96. The van der Waals surface area contributed by atoms with Gasteiger partial charge in [0, 0.05) is 17.8 Å². The molecule has 8 rings (SSSR count). The fourth-order valence-corrected chi connectivity index (χ4v) is 10.5. The van der Waals surface area contributed by atoms with Crippen molar-refractivity contribution >= 4 is 18.2 Å². The Bertz CT molecular complexity index is 1100. The van der Waals surface area contributed by atoms with E-state index in [2.05, 4.69) is 58.6 Å². The molecule has 180 valence electrons. The molecule has 0 radical (unpaired) electrons. The van der Waals surface area contributed by atoms with Crippen LogP contribution in [0.1, 0.15) is 58.1 Å². The third-order valence-corrected chi connectivity index (χ3v) is 12.1. The number of aryl methyl sites for hydroxylation is 2. The molecule has 0 N–H and O–H groups in total. The van der Waals surface area contributed by atoms with Gasteiger partial charge in [0.2, 0.25) is 0 Å². The Labute approximate surface area is 204 Å². The third kappa shape index (κ3) is 2.27. The molecular formula is C29H39BN2O2. The van der Waals surface area contributed by atoms with Gasteiger partial charge in [-0.15, -0.1) is 0 Å². The van der Waals surface area contributed by atoms with Crippen LogP contribution in [0.3, 0.4) is 0 Å². The average molecular weight is 458 g/mol. The summed E-state index contributed by atoms with van der Waals surface area (Å²) in [6.07, 6.45) is 4.51. The highest BCUT2D eigenvalue weighted by atomic mass is 16.5. The fourth-order valence-electron chi connectivity index (χ4n) is 10.5. The van der Waals surface area contributed by atoms with Crippen LogP contribution in [0.4, 0.5) is 0 Å². The minimum atomic E-state index is 0.280. The maximum Gasteiger partial charge on any atom is 0.288 e. The van der Waals surface area contributed by atoms with Crippen LogP contribution >= 0.6 is 0 Å². The molecule has 4 aliphatic heterocycles. The van der Waals surface area contributed by atoms with Crippen molar-refractivity contribution in [2.24, 2.45) is 40.5 Å². The summed E-state index contributed by atoms with van der Waals surface area (Å²) in [7, 11) is 0. The largest absolute Gasteiger partial charge is 0.491 e. The van der Waals surface area contributed by atoms with Gasteiger partial charge in [-0.1, -0.05) is 40.2 Å². The Morgan fingerprint density at radius 2 is 1.71 bits per heavy atom. The second-order valence-corrected chi connectivity index (χ2v) is 13.4. The standard InChI is InChI=1S/C29H39BN2O2/c1-12-7-8-20-23-22(12)15(4)10-19-26(23)32-27-24-28(17(6)16(5)25(27)31-29(32)34-20)33-21-11-14(3)13(2)9-18(21)30(19)24/h9,11-12,15-17,19-20,22-28H,7-8,10H2,1-6H3. The predicted octanol–water partition coefficient (Wildman–Crippen LogP) is 4.68. The zero-order valence-corrected chi connectivity index (χ0v) is 21.6. The first kappa shape index (κ1) is 20.5. The van der Waals surface area contributed by atoms with E-state index in [0.29, 0.717) is 60.3 Å². The third-order valence-electron chi connectivity index (χ3n) is 12.1. The zero-order valence-electron chi connectivity index (χ0n) is 21.6. The van der Waals surface area contributed by atoms with Gasteiger partial charge >= 0.3 is 0 Å². The highest BCUT2D eigenvalue weighted by Gasteiger charge is 2.71. The molecule has 3 aliphatic carbocycles. The van der Waals surface area contributed by atoms with E-state index >= 15 is 0 Å². The summed E-state index contributed by atoms with van der Waals surface area (Å²) in [4.78, 5) is 8.16. The van der Waals surface area contributed by atoms with E-state index in [1.807, 2.05) is 0 Å². The average Bonchev–Trinajstić information content (AvgIpc) is 3.19. The summed E-state index contributed by atoms with van der Waals surface area (Å²) < 4.78 is 13.8. The van der Waals surface area contributed by atoms with Crippen molar-refractivity contribution in [3.05, 3.63) is 23.3 Å². The van der Waals surface area contributed by atoms with Crippen LogP contribution in [0, 0.1) is 49.4 Å². The maximum absolute atomic E-state index is 6.98. The van der Waals surface area contributed by atoms with Gasteiger partial charge in [-0.05, 0) is 84.8 Å². The molecule has 4 heterocycles. The first-order chi connectivity index (χ1) is 16.3. The van der Waals surface area contributed by atoms with Gasteiger partial charge in [0.05, 0.1) is 12.1 Å². The molecule has 5 heteroatoms. The lowest BCUT2D eigenvalue weighted by Gasteiger charge is -2.67.